The number of allylic oxidation sites excluding steroid dienone is 1. The van der Waals surface area contributed by atoms with Crippen molar-refractivity contribution in [3.05, 3.63) is 54.1 Å². The molecular formula is C13H9N. The van der Waals surface area contributed by atoms with Crippen LogP contribution in [0.25, 0.3) is 16.8 Å². The second kappa shape index (κ2) is 3.76. The molecule has 0 N–H and O–H groups in total. The quantitative estimate of drug-likeness (QED) is 0.615. The summed E-state index contributed by atoms with van der Waals surface area (Å²) in [7, 11) is 0. The third-order valence-corrected chi connectivity index (χ3v) is 2.16. The molecule has 0 unspecified atom stereocenters. The van der Waals surface area contributed by atoms with Crippen LogP contribution in [0.4, 0.5) is 0 Å². The predicted molar refractivity (Wildman–Crippen MR) is 58.6 cm³/mol. The van der Waals surface area contributed by atoms with Crippen LogP contribution in [-0.4, -0.2) is 0 Å². The van der Waals surface area contributed by atoms with Crippen molar-refractivity contribution < 1.29 is 0 Å². The molecule has 0 saturated heterocycles. The fraction of sp³-hybridized carbons (Fsp3) is 0. The standard InChI is InChI=1S/C13H9N/c14-10-4-8-12-7-3-6-11-5-1-2-9-13(11)12/h1-9H/b8-4-. The van der Waals surface area contributed by atoms with Crippen LogP contribution in [0, 0.1) is 11.3 Å². The molecule has 0 bridgehead atoms. The van der Waals surface area contributed by atoms with Gasteiger partial charge in [-0.25, -0.2) is 0 Å². The van der Waals surface area contributed by atoms with E-state index >= 15 is 0 Å². The number of fused-ring (bicyclic) bond motifs is 1. The van der Waals surface area contributed by atoms with E-state index < -0.39 is 0 Å². The van der Waals surface area contributed by atoms with E-state index in [0.717, 1.165) is 5.56 Å². The first-order chi connectivity index (χ1) is 6.92. The van der Waals surface area contributed by atoms with Crippen LogP contribution >= 0.6 is 0 Å². The van der Waals surface area contributed by atoms with E-state index in [-0.39, 0.29) is 0 Å². The molecule has 0 aliphatic carbocycles. The molecule has 0 spiro atoms. The molecule has 0 aliphatic heterocycles. The Hall–Kier alpha value is -2.07. The van der Waals surface area contributed by atoms with Gasteiger partial charge >= 0.3 is 0 Å². The van der Waals surface area contributed by atoms with Crippen molar-refractivity contribution in [2.24, 2.45) is 0 Å². The summed E-state index contributed by atoms with van der Waals surface area (Å²) in [6, 6.07) is 16.2. The second-order valence-corrected chi connectivity index (χ2v) is 3.03. The minimum absolute atomic E-state index is 1.09. The SMILES string of the molecule is N#C/C=C\c1cccc2ccccc12. The third-order valence-electron chi connectivity index (χ3n) is 2.16. The number of benzene rings is 2. The van der Waals surface area contributed by atoms with Crippen LogP contribution in [0.5, 0.6) is 0 Å². The maximum Gasteiger partial charge on any atom is 0.0912 e. The molecule has 1 heteroatoms. The lowest BCUT2D eigenvalue weighted by atomic mass is 10.0. The first-order valence-corrected chi connectivity index (χ1v) is 4.46. The summed E-state index contributed by atoms with van der Waals surface area (Å²) in [5, 5.41) is 10.8. The van der Waals surface area contributed by atoms with Gasteiger partial charge in [-0.15, -0.1) is 0 Å². The number of nitriles is 1. The Labute approximate surface area is 82.9 Å². The van der Waals surface area contributed by atoms with Crippen LogP contribution in [0.3, 0.4) is 0 Å². The van der Waals surface area contributed by atoms with Gasteiger partial charge in [0.2, 0.25) is 0 Å². The normalized spacial score (nSPS) is 10.5. The monoisotopic (exact) mass is 179 g/mol. The molecule has 14 heavy (non-hydrogen) atoms. The molecule has 0 heterocycles. The Balaban J connectivity index is 2.66. The summed E-state index contributed by atoms with van der Waals surface area (Å²) >= 11 is 0. The number of rotatable bonds is 1. The van der Waals surface area contributed by atoms with Gasteiger partial charge in [0.05, 0.1) is 6.07 Å². The van der Waals surface area contributed by atoms with Crippen molar-refractivity contribution in [2.75, 3.05) is 0 Å². The molecule has 0 fully saturated rings. The van der Waals surface area contributed by atoms with E-state index in [9.17, 15) is 0 Å². The lowest BCUT2D eigenvalue weighted by Gasteiger charge is -2.00. The lowest BCUT2D eigenvalue weighted by Crippen LogP contribution is -1.76. The Morgan fingerprint density at radius 3 is 2.64 bits per heavy atom. The van der Waals surface area contributed by atoms with Crippen LogP contribution in [0.15, 0.2) is 48.5 Å². The zero-order valence-electron chi connectivity index (χ0n) is 7.64. The minimum atomic E-state index is 1.09. The molecule has 0 aromatic heterocycles. The molecular weight excluding hydrogens is 170 g/mol. The average molecular weight is 179 g/mol. The molecule has 2 aromatic carbocycles. The van der Waals surface area contributed by atoms with Gasteiger partial charge in [0.25, 0.3) is 0 Å². The highest BCUT2D eigenvalue weighted by Gasteiger charge is 1.94. The van der Waals surface area contributed by atoms with Crippen LogP contribution in [0.1, 0.15) is 5.56 Å². The summed E-state index contributed by atoms with van der Waals surface area (Å²) in [4.78, 5) is 0. The topological polar surface area (TPSA) is 23.8 Å². The van der Waals surface area contributed by atoms with Crippen molar-refractivity contribution >= 4 is 16.8 Å². The van der Waals surface area contributed by atoms with Gasteiger partial charge in [0.1, 0.15) is 0 Å². The number of hydrogen-bond donors (Lipinski definition) is 0. The molecule has 0 saturated carbocycles. The highest BCUT2D eigenvalue weighted by molar-refractivity contribution is 5.90. The van der Waals surface area contributed by atoms with Crippen molar-refractivity contribution in [3.63, 3.8) is 0 Å². The van der Waals surface area contributed by atoms with Crippen molar-refractivity contribution in [2.45, 2.75) is 0 Å². The van der Waals surface area contributed by atoms with Gasteiger partial charge in [-0.05, 0) is 22.4 Å². The maximum absolute atomic E-state index is 8.46. The van der Waals surface area contributed by atoms with Gasteiger partial charge in [-0.3, -0.25) is 0 Å². The van der Waals surface area contributed by atoms with Crippen molar-refractivity contribution in [1.82, 2.24) is 0 Å². The van der Waals surface area contributed by atoms with E-state index in [0.29, 0.717) is 0 Å². The molecule has 66 valence electrons. The molecule has 1 nitrogen and oxygen atoms in total. The molecule has 0 amide bonds. The molecule has 0 radical (unpaired) electrons. The van der Waals surface area contributed by atoms with Crippen LogP contribution in [0.2, 0.25) is 0 Å². The summed E-state index contributed by atoms with van der Waals surface area (Å²) < 4.78 is 0. The smallest absolute Gasteiger partial charge is 0.0912 e. The third kappa shape index (κ3) is 1.51. The first-order valence-electron chi connectivity index (χ1n) is 4.46. The van der Waals surface area contributed by atoms with Crippen molar-refractivity contribution in [1.29, 1.82) is 5.26 Å². The van der Waals surface area contributed by atoms with Gasteiger partial charge in [-0.1, -0.05) is 42.5 Å². The highest BCUT2D eigenvalue weighted by atomic mass is 14.2. The van der Waals surface area contributed by atoms with Crippen LogP contribution < -0.4 is 0 Å². The Kier molecular flexibility index (Phi) is 2.29. The Morgan fingerprint density at radius 2 is 1.79 bits per heavy atom. The average Bonchev–Trinajstić information content (AvgIpc) is 2.26. The summed E-state index contributed by atoms with van der Waals surface area (Å²) in [5.41, 5.74) is 1.09. The summed E-state index contributed by atoms with van der Waals surface area (Å²) in [6.45, 7) is 0. The van der Waals surface area contributed by atoms with Gasteiger partial charge < -0.3 is 0 Å². The van der Waals surface area contributed by atoms with E-state index in [4.69, 9.17) is 5.26 Å². The molecule has 0 atom stereocenters. The fourth-order valence-electron chi connectivity index (χ4n) is 1.52. The summed E-state index contributed by atoms with van der Waals surface area (Å²) in [5.74, 6) is 0. The van der Waals surface area contributed by atoms with E-state index in [1.807, 2.05) is 36.4 Å². The van der Waals surface area contributed by atoms with Gasteiger partial charge in [0, 0.05) is 6.08 Å². The Bertz CT molecular complexity index is 513. The van der Waals surface area contributed by atoms with Crippen molar-refractivity contribution in [3.8, 4) is 6.07 Å². The number of nitrogens with zero attached hydrogens (tertiary/aromatic N) is 1. The predicted octanol–water partition coefficient (Wildman–Crippen LogP) is 3.38. The van der Waals surface area contributed by atoms with E-state index in [1.165, 1.54) is 16.8 Å². The van der Waals surface area contributed by atoms with Gasteiger partial charge in [0.15, 0.2) is 0 Å². The minimum Gasteiger partial charge on any atom is -0.193 e. The van der Waals surface area contributed by atoms with E-state index in [2.05, 4.69) is 18.2 Å². The van der Waals surface area contributed by atoms with E-state index in [1.54, 1.807) is 0 Å². The lowest BCUT2D eigenvalue weighted by molar-refractivity contribution is 1.54. The second-order valence-electron chi connectivity index (χ2n) is 3.03. The largest absolute Gasteiger partial charge is 0.193 e. The zero-order valence-corrected chi connectivity index (χ0v) is 7.64. The maximum atomic E-state index is 8.46. The number of hydrogen-bond acceptors (Lipinski definition) is 1. The molecule has 2 aromatic rings. The fourth-order valence-corrected chi connectivity index (χ4v) is 1.52. The Morgan fingerprint density at radius 1 is 1.00 bits per heavy atom. The van der Waals surface area contributed by atoms with Crippen LogP contribution in [-0.2, 0) is 0 Å². The highest BCUT2D eigenvalue weighted by Crippen LogP contribution is 2.19. The molecule has 2 rings (SSSR count). The summed E-state index contributed by atoms with van der Waals surface area (Å²) in [6.07, 6.45) is 3.34. The van der Waals surface area contributed by atoms with Gasteiger partial charge in [-0.2, -0.15) is 5.26 Å². The first kappa shape index (κ1) is 8.52. The zero-order chi connectivity index (χ0) is 9.80. The molecule has 0 aliphatic rings.